The number of carboxylic acids is 1. The Morgan fingerprint density at radius 1 is 1.35 bits per heavy atom. The Morgan fingerprint density at radius 2 is 2.15 bits per heavy atom. The lowest BCUT2D eigenvalue weighted by atomic mass is 10.1. The molecule has 0 fully saturated rings. The van der Waals surface area contributed by atoms with Gasteiger partial charge in [0, 0.05) is 31.2 Å². The second-order valence-corrected chi connectivity index (χ2v) is 4.95. The second kappa shape index (κ2) is 6.28. The van der Waals surface area contributed by atoms with Gasteiger partial charge in [-0.2, -0.15) is 0 Å². The molecule has 4 nitrogen and oxygen atoms in total. The largest absolute Gasteiger partial charge is 0.478 e. The highest BCUT2D eigenvalue weighted by molar-refractivity contribution is 5.89. The van der Waals surface area contributed by atoms with Crippen molar-refractivity contribution in [3.8, 4) is 0 Å². The van der Waals surface area contributed by atoms with Crippen LogP contribution in [0.15, 0.2) is 36.7 Å². The van der Waals surface area contributed by atoms with Crippen LogP contribution in [0.2, 0.25) is 0 Å². The Labute approximate surface area is 119 Å². The molecule has 0 atom stereocenters. The van der Waals surface area contributed by atoms with Crippen LogP contribution in [0.3, 0.4) is 0 Å². The minimum Gasteiger partial charge on any atom is -0.478 e. The number of carboxylic acid groups (broad SMARTS) is 1. The highest BCUT2D eigenvalue weighted by Crippen LogP contribution is 2.18. The van der Waals surface area contributed by atoms with E-state index in [-0.39, 0.29) is 0 Å². The fourth-order valence-electron chi connectivity index (χ4n) is 2.14. The van der Waals surface area contributed by atoms with Gasteiger partial charge in [0.25, 0.3) is 0 Å². The molecular weight excluding hydrogens is 252 g/mol. The quantitative estimate of drug-likeness (QED) is 0.846. The summed E-state index contributed by atoms with van der Waals surface area (Å²) in [6.45, 7) is 5.84. The summed E-state index contributed by atoms with van der Waals surface area (Å²) in [4.78, 5) is 11.0. The molecule has 0 aliphatic heterocycles. The topological polar surface area (TPSA) is 54.3 Å². The van der Waals surface area contributed by atoms with Crippen LogP contribution >= 0.6 is 0 Å². The Hall–Kier alpha value is -2.23. The van der Waals surface area contributed by atoms with E-state index in [9.17, 15) is 4.79 Å². The highest BCUT2D eigenvalue weighted by atomic mass is 16.4. The average molecular weight is 272 g/mol. The van der Waals surface area contributed by atoms with Gasteiger partial charge in [-0.15, -0.1) is 0 Å². The molecule has 2 rings (SSSR count). The number of rotatable bonds is 6. The molecule has 0 bridgehead atoms. The molecule has 0 saturated heterocycles. The number of carbonyl (C=O) groups is 1. The van der Waals surface area contributed by atoms with Crippen LogP contribution < -0.4 is 5.32 Å². The van der Waals surface area contributed by atoms with Crippen molar-refractivity contribution >= 4 is 11.7 Å². The van der Waals surface area contributed by atoms with Crippen LogP contribution in [0.4, 0.5) is 5.69 Å². The van der Waals surface area contributed by atoms with Gasteiger partial charge in [-0.05, 0) is 42.7 Å². The van der Waals surface area contributed by atoms with Crippen LogP contribution in [0.1, 0.15) is 34.8 Å². The lowest BCUT2D eigenvalue weighted by molar-refractivity contribution is 0.0697. The number of aryl methyl sites for hydroxylation is 2. The van der Waals surface area contributed by atoms with Crippen molar-refractivity contribution in [3.05, 3.63) is 53.3 Å². The predicted molar refractivity (Wildman–Crippen MR) is 80.2 cm³/mol. The lowest BCUT2D eigenvalue weighted by Gasteiger charge is -2.09. The minimum absolute atomic E-state index is 0.307. The van der Waals surface area contributed by atoms with Gasteiger partial charge in [0.1, 0.15) is 0 Å². The Kier molecular flexibility index (Phi) is 4.45. The van der Waals surface area contributed by atoms with Gasteiger partial charge in [-0.1, -0.05) is 13.0 Å². The van der Waals surface area contributed by atoms with Gasteiger partial charge in [-0.3, -0.25) is 0 Å². The normalized spacial score (nSPS) is 10.5. The van der Waals surface area contributed by atoms with Gasteiger partial charge < -0.3 is 15.0 Å². The standard InChI is InChI=1S/C16H20N2O2/c1-3-7-18-8-6-13(11-18)10-17-15-9-14(16(19)20)5-4-12(15)2/h4-6,8-9,11,17H,3,7,10H2,1-2H3,(H,19,20). The molecule has 2 N–H and O–H groups in total. The fraction of sp³-hybridized carbons (Fsp3) is 0.312. The number of hydrogen-bond acceptors (Lipinski definition) is 2. The van der Waals surface area contributed by atoms with Crippen molar-refractivity contribution in [2.75, 3.05) is 5.32 Å². The van der Waals surface area contributed by atoms with E-state index in [1.165, 1.54) is 5.56 Å². The summed E-state index contributed by atoms with van der Waals surface area (Å²) in [5.41, 5.74) is 3.41. The number of nitrogens with one attached hydrogen (secondary N) is 1. The molecule has 4 heteroatoms. The minimum atomic E-state index is -0.901. The zero-order valence-electron chi connectivity index (χ0n) is 11.9. The first-order valence-electron chi connectivity index (χ1n) is 6.82. The summed E-state index contributed by atoms with van der Waals surface area (Å²) in [6, 6.07) is 7.22. The van der Waals surface area contributed by atoms with E-state index in [4.69, 9.17) is 5.11 Å². The van der Waals surface area contributed by atoms with Crippen molar-refractivity contribution in [1.82, 2.24) is 4.57 Å². The molecule has 20 heavy (non-hydrogen) atoms. The molecule has 0 aliphatic carbocycles. The third-order valence-corrected chi connectivity index (χ3v) is 3.26. The first-order chi connectivity index (χ1) is 9.60. The Balaban J connectivity index is 2.05. The molecular formula is C16H20N2O2. The van der Waals surface area contributed by atoms with Gasteiger partial charge >= 0.3 is 5.97 Å². The van der Waals surface area contributed by atoms with Crippen LogP contribution in [0.5, 0.6) is 0 Å². The molecule has 2 aromatic rings. The molecule has 1 aromatic carbocycles. The average Bonchev–Trinajstić information content (AvgIpc) is 2.86. The number of hydrogen-bond donors (Lipinski definition) is 2. The van der Waals surface area contributed by atoms with Crippen LogP contribution in [-0.2, 0) is 13.1 Å². The summed E-state index contributed by atoms with van der Waals surface area (Å²) in [5.74, 6) is -0.901. The van der Waals surface area contributed by atoms with Crippen molar-refractivity contribution in [3.63, 3.8) is 0 Å². The molecule has 1 heterocycles. The van der Waals surface area contributed by atoms with E-state index in [1.807, 2.05) is 13.0 Å². The third-order valence-electron chi connectivity index (χ3n) is 3.26. The SMILES string of the molecule is CCCn1ccc(CNc2cc(C(=O)O)ccc2C)c1. The summed E-state index contributed by atoms with van der Waals surface area (Å²) in [6.07, 6.45) is 5.30. The zero-order chi connectivity index (χ0) is 14.5. The Morgan fingerprint density at radius 3 is 2.85 bits per heavy atom. The number of aromatic nitrogens is 1. The molecule has 1 aromatic heterocycles. The first-order valence-corrected chi connectivity index (χ1v) is 6.82. The summed E-state index contributed by atoms with van der Waals surface area (Å²) < 4.78 is 2.16. The smallest absolute Gasteiger partial charge is 0.335 e. The maximum absolute atomic E-state index is 11.0. The lowest BCUT2D eigenvalue weighted by Crippen LogP contribution is -2.03. The maximum Gasteiger partial charge on any atom is 0.335 e. The highest BCUT2D eigenvalue weighted by Gasteiger charge is 2.06. The van der Waals surface area contributed by atoms with E-state index >= 15 is 0 Å². The molecule has 0 amide bonds. The maximum atomic E-state index is 11.0. The molecule has 0 radical (unpaired) electrons. The fourth-order valence-corrected chi connectivity index (χ4v) is 2.14. The van der Waals surface area contributed by atoms with E-state index in [0.717, 1.165) is 24.2 Å². The Bertz CT molecular complexity index is 602. The van der Waals surface area contributed by atoms with Gasteiger partial charge in [0.2, 0.25) is 0 Å². The predicted octanol–water partition coefficient (Wildman–Crippen LogP) is 3.52. The van der Waals surface area contributed by atoms with Crippen molar-refractivity contribution < 1.29 is 9.90 Å². The molecule has 0 spiro atoms. The number of anilines is 1. The first kappa shape index (κ1) is 14.2. The van der Waals surface area contributed by atoms with Crippen LogP contribution in [0.25, 0.3) is 0 Å². The van der Waals surface area contributed by atoms with Crippen LogP contribution in [-0.4, -0.2) is 15.6 Å². The van der Waals surface area contributed by atoms with Crippen molar-refractivity contribution in [1.29, 1.82) is 0 Å². The summed E-state index contributed by atoms with van der Waals surface area (Å²) >= 11 is 0. The number of nitrogens with zero attached hydrogens (tertiary/aromatic N) is 1. The molecule has 0 unspecified atom stereocenters. The van der Waals surface area contributed by atoms with E-state index in [2.05, 4.69) is 35.3 Å². The summed E-state index contributed by atoms with van der Waals surface area (Å²) in [5, 5.41) is 12.3. The third kappa shape index (κ3) is 3.41. The van der Waals surface area contributed by atoms with E-state index in [0.29, 0.717) is 12.1 Å². The summed E-state index contributed by atoms with van der Waals surface area (Å²) in [7, 11) is 0. The van der Waals surface area contributed by atoms with E-state index < -0.39 is 5.97 Å². The monoisotopic (exact) mass is 272 g/mol. The van der Waals surface area contributed by atoms with E-state index in [1.54, 1.807) is 12.1 Å². The molecule has 0 aliphatic rings. The zero-order valence-corrected chi connectivity index (χ0v) is 11.9. The van der Waals surface area contributed by atoms with Gasteiger partial charge in [0.05, 0.1) is 5.56 Å². The number of aromatic carboxylic acids is 1. The van der Waals surface area contributed by atoms with Gasteiger partial charge in [0.15, 0.2) is 0 Å². The van der Waals surface area contributed by atoms with Gasteiger partial charge in [-0.25, -0.2) is 4.79 Å². The molecule has 0 saturated carbocycles. The number of benzene rings is 1. The van der Waals surface area contributed by atoms with Crippen LogP contribution in [0, 0.1) is 6.92 Å². The second-order valence-electron chi connectivity index (χ2n) is 4.95. The van der Waals surface area contributed by atoms with Crippen molar-refractivity contribution in [2.45, 2.75) is 33.4 Å². The van der Waals surface area contributed by atoms with Crippen molar-refractivity contribution in [2.24, 2.45) is 0 Å². The molecule has 106 valence electrons.